The molecule has 0 aromatic carbocycles. The highest BCUT2D eigenvalue weighted by molar-refractivity contribution is 8.06. The first-order valence-corrected chi connectivity index (χ1v) is 9.55. The quantitative estimate of drug-likeness (QED) is 0.923. The van der Waals surface area contributed by atoms with Gasteiger partial charge in [-0.15, -0.1) is 23.1 Å². The highest BCUT2D eigenvalue weighted by atomic mass is 32.2. The maximum atomic E-state index is 6.05. The Morgan fingerprint density at radius 3 is 2.90 bits per heavy atom. The lowest BCUT2D eigenvalue weighted by atomic mass is 10.2. The summed E-state index contributed by atoms with van der Waals surface area (Å²) in [5.74, 6) is 3.69. The molecule has 2 aromatic rings. The summed E-state index contributed by atoms with van der Waals surface area (Å²) in [5.41, 5.74) is 6.93. The molecule has 4 nitrogen and oxygen atoms in total. The van der Waals surface area contributed by atoms with E-state index in [4.69, 9.17) is 10.3 Å². The Morgan fingerprint density at radius 1 is 1.40 bits per heavy atom. The lowest BCUT2D eigenvalue weighted by molar-refractivity contribution is 0.422. The third-order valence-electron chi connectivity index (χ3n) is 3.27. The molecule has 7 heteroatoms. The molecule has 0 amide bonds. The number of hydrogen-bond acceptors (Lipinski definition) is 7. The van der Waals surface area contributed by atoms with Crippen LogP contribution in [0.1, 0.15) is 29.8 Å². The van der Waals surface area contributed by atoms with E-state index in [1.165, 1.54) is 10.6 Å². The fourth-order valence-electron chi connectivity index (χ4n) is 2.18. The molecule has 1 aliphatic heterocycles. The average molecular weight is 328 g/mol. The number of nitrogen functional groups attached to an aromatic ring is 1. The first-order valence-electron chi connectivity index (χ1n) is 6.64. The number of aryl methyl sites for hydroxylation is 1. The van der Waals surface area contributed by atoms with Gasteiger partial charge in [0.15, 0.2) is 5.82 Å². The fraction of sp³-hybridized carbons (Fsp3) is 0.538. The number of nitrogens with zero attached hydrogens (tertiary/aromatic N) is 2. The van der Waals surface area contributed by atoms with Crippen LogP contribution in [0, 0.1) is 0 Å². The summed E-state index contributed by atoms with van der Waals surface area (Å²) in [6, 6.07) is 2.06. The molecule has 108 valence electrons. The van der Waals surface area contributed by atoms with Crippen molar-refractivity contribution < 1.29 is 4.52 Å². The molecular weight excluding hydrogens is 310 g/mol. The molecule has 3 heterocycles. The molecule has 2 unspecified atom stereocenters. The zero-order chi connectivity index (χ0) is 14.1. The van der Waals surface area contributed by atoms with Gasteiger partial charge in [0.2, 0.25) is 0 Å². The molecule has 1 saturated heterocycles. The van der Waals surface area contributed by atoms with Gasteiger partial charge in [0.25, 0.3) is 5.89 Å². The molecule has 1 aliphatic rings. The largest absolute Gasteiger partial charge is 0.390 e. The maximum absolute atomic E-state index is 6.05. The highest BCUT2D eigenvalue weighted by Gasteiger charge is 2.29. The summed E-state index contributed by atoms with van der Waals surface area (Å²) in [5, 5.41) is 5.77. The van der Waals surface area contributed by atoms with Crippen molar-refractivity contribution in [2.24, 2.45) is 0 Å². The van der Waals surface area contributed by atoms with Crippen molar-refractivity contribution in [1.29, 1.82) is 0 Å². The monoisotopic (exact) mass is 327 g/mol. The Balaban J connectivity index is 1.87. The Labute approximate surface area is 130 Å². The lowest BCUT2D eigenvalue weighted by Gasteiger charge is -2.24. The standard InChI is InChI=1S/C13H17N3OS3/c1-3-8-6-9(11(14)20-8)13-15-12(16-17-13)10-7(2)18-4-5-19-10/h6-7,10H,3-5,14H2,1-2H3. The molecule has 0 saturated carbocycles. The van der Waals surface area contributed by atoms with Crippen LogP contribution in [0.15, 0.2) is 10.6 Å². The second-order valence-electron chi connectivity index (χ2n) is 4.67. The number of nitrogens with two attached hydrogens (primary N) is 1. The number of anilines is 1. The van der Waals surface area contributed by atoms with Gasteiger partial charge < -0.3 is 10.3 Å². The number of thiophene rings is 1. The molecule has 20 heavy (non-hydrogen) atoms. The summed E-state index contributed by atoms with van der Waals surface area (Å²) in [6.45, 7) is 4.34. The van der Waals surface area contributed by atoms with Gasteiger partial charge in [0.05, 0.1) is 15.8 Å². The molecule has 3 rings (SSSR count). The Morgan fingerprint density at radius 2 is 2.20 bits per heavy atom. The van der Waals surface area contributed by atoms with E-state index in [9.17, 15) is 0 Å². The molecule has 2 atom stereocenters. The summed E-state index contributed by atoms with van der Waals surface area (Å²) >= 11 is 5.48. The lowest BCUT2D eigenvalue weighted by Crippen LogP contribution is -2.16. The smallest absolute Gasteiger partial charge is 0.260 e. The first-order chi connectivity index (χ1) is 9.69. The third kappa shape index (κ3) is 2.71. The van der Waals surface area contributed by atoms with Crippen molar-refractivity contribution in [3.8, 4) is 11.5 Å². The van der Waals surface area contributed by atoms with Crippen molar-refractivity contribution in [3.05, 3.63) is 16.8 Å². The first kappa shape index (κ1) is 14.3. The average Bonchev–Trinajstić information content (AvgIpc) is 3.05. The van der Waals surface area contributed by atoms with Crippen molar-refractivity contribution in [2.45, 2.75) is 30.8 Å². The van der Waals surface area contributed by atoms with Gasteiger partial charge >= 0.3 is 0 Å². The molecule has 0 bridgehead atoms. The van der Waals surface area contributed by atoms with Crippen LogP contribution in [0.4, 0.5) is 5.00 Å². The minimum atomic E-state index is 0.316. The molecule has 2 N–H and O–H groups in total. The van der Waals surface area contributed by atoms with Gasteiger partial charge in [-0.25, -0.2) is 0 Å². The minimum absolute atomic E-state index is 0.316. The van der Waals surface area contributed by atoms with E-state index in [-0.39, 0.29) is 0 Å². The number of thioether (sulfide) groups is 2. The predicted octanol–water partition coefficient (Wildman–Crippen LogP) is 3.85. The van der Waals surface area contributed by atoms with E-state index < -0.39 is 0 Å². The summed E-state index contributed by atoms with van der Waals surface area (Å²) < 4.78 is 5.43. The number of hydrogen-bond donors (Lipinski definition) is 1. The maximum Gasteiger partial charge on any atom is 0.260 e. The summed E-state index contributed by atoms with van der Waals surface area (Å²) in [7, 11) is 0. The highest BCUT2D eigenvalue weighted by Crippen LogP contribution is 2.42. The molecular formula is C13H17N3OS3. The van der Waals surface area contributed by atoms with Crippen molar-refractivity contribution in [1.82, 2.24) is 10.1 Å². The summed E-state index contributed by atoms with van der Waals surface area (Å²) in [4.78, 5) is 5.82. The zero-order valence-corrected chi connectivity index (χ0v) is 13.9. The van der Waals surface area contributed by atoms with Crippen molar-refractivity contribution in [3.63, 3.8) is 0 Å². The van der Waals surface area contributed by atoms with Crippen LogP contribution in [0.3, 0.4) is 0 Å². The van der Waals surface area contributed by atoms with E-state index in [0.29, 0.717) is 16.4 Å². The van der Waals surface area contributed by atoms with Gasteiger partial charge in [0.1, 0.15) is 0 Å². The normalized spacial score (nSPS) is 23.1. The van der Waals surface area contributed by atoms with Crippen LogP contribution in [-0.4, -0.2) is 26.9 Å². The van der Waals surface area contributed by atoms with Gasteiger partial charge in [-0.3, -0.25) is 0 Å². The molecule has 0 aliphatic carbocycles. The number of aromatic nitrogens is 2. The number of rotatable bonds is 3. The Kier molecular flexibility index (Phi) is 4.28. The SMILES string of the molecule is CCc1cc(-c2nc(C3SCCSC3C)no2)c(N)s1. The van der Waals surface area contributed by atoms with E-state index in [0.717, 1.165) is 28.6 Å². The second-order valence-corrected chi connectivity index (χ2v) is 8.57. The van der Waals surface area contributed by atoms with Crippen LogP contribution < -0.4 is 5.73 Å². The molecule has 2 aromatic heterocycles. The molecule has 1 fully saturated rings. The van der Waals surface area contributed by atoms with Gasteiger partial charge in [-0.1, -0.05) is 19.0 Å². The topological polar surface area (TPSA) is 64.9 Å². The minimum Gasteiger partial charge on any atom is -0.390 e. The summed E-state index contributed by atoms with van der Waals surface area (Å²) in [6.07, 6.45) is 0.974. The van der Waals surface area contributed by atoms with E-state index in [2.05, 4.69) is 30.1 Å². The zero-order valence-electron chi connectivity index (χ0n) is 11.5. The molecule has 0 spiro atoms. The van der Waals surface area contributed by atoms with E-state index in [1.54, 1.807) is 11.3 Å². The second kappa shape index (κ2) is 5.99. The van der Waals surface area contributed by atoms with Crippen LogP contribution in [0.5, 0.6) is 0 Å². The third-order valence-corrected chi connectivity index (χ3v) is 7.47. The predicted molar refractivity (Wildman–Crippen MR) is 88.5 cm³/mol. The Bertz CT molecular complexity index is 595. The van der Waals surface area contributed by atoms with E-state index >= 15 is 0 Å². The van der Waals surface area contributed by atoms with Crippen molar-refractivity contribution in [2.75, 3.05) is 17.2 Å². The Hall–Kier alpha value is -0.660. The van der Waals surface area contributed by atoms with Crippen LogP contribution in [0.25, 0.3) is 11.5 Å². The van der Waals surface area contributed by atoms with Gasteiger partial charge in [0, 0.05) is 21.6 Å². The molecule has 0 radical (unpaired) electrons. The van der Waals surface area contributed by atoms with Gasteiger partial charge in [-0.05, 0) is 12.5 Å². The van der Waals surface area contributed by atoms with Crippen LogP contribution in [0.2, 0.25) is 0 Å². The van der Waals surface area contributed by atoms with Crippen LogP contribution >= 0.6 is 34.9 Å². The van der Waals surface area contributed by atoms with Gasteiger partial charge in [-0.2, -0.15) is 16.7 Å². The van der Waals surface area contributed by atoms with Crippen LogP contribution in [-0.2, 0) is 6.42 Å². The fourth-order valence-corrected chi connectivity index (χ4v) is 5.71. The van der Waals surface area contributed by atoms with E-state index in [1.807, 2.05) is 23.5 Å². The van der Waals surface area contributed by atoms with Crippen molar-refractivity contribution >= 4 is 39.9 Å².